The van der Waals surface area contributed by atoms with Crippen LogP contribution >= 0.6 is 11.9 Å². The minimum Gasteiger partial charge on any atom is -0.389 e. The zero-order valence-electron chi connectivity index (χ0n) is 19.2. The van der Waals surface area contributed by atoms with Crippen LogP contribution in [0.1, 0.15) is 28.8 Å². The molecule has 3 aromatic carbocycles. The molecule has 7 heteroatoms. The highest BCUT2D eigenvalue weighted by Crippen LogP contribution is 2.30. The summed E-state index contributed by atoms with van der Waals surface area (Å²) < 4.78 is 17.9. The summed E-state index contributed by atoms with van der Waals surface area (Å²) in [4.78, 5) is 20.0. The summed E-state index contributed by atoms with van der Waals surface area (Å²) in [6.45, 7) is 0.876. The first kappa shape index (κ1) is 23.3. The number of carbonyl (C=O) groups is 1. The summed E-state index contributed by atoms with van der Waals surface area (Å²) in [5.41, 5.74) is 1.70. The van der Waals surface area contributed by atoms with Crippen LogP contribution < -0.4 is 4.72 Å². The number of fused-ring (bicyclic) bond motifs is 1. The Morgan fingerprint density at radius 3 is 2.57 bits per heavy atom. The van der Waals surface area contributed by atoms with E-state index in [1.54, 1.807) is 23.2 Å². The van der Waals surface area contributed by atoms with Gasteiger partial charge >= 0.3 is 0 Å². The number of halogens is 1. The molecule has 0 bridgehead atoms. The topological polar surface area (TPSA) is 65.5 Å². The average Bonchev–Trinajstić information content (AvgIpc) is 2.88. The number of piperidine rings is 1. The molecule has 5 nitrogen and oxygen atoms in total. The van der Waals surface area contributed by atoms with Crippen LogP contribution in [0.15, 0.2) is 90.0 Å². The third kappa shape index (κ3) is 5.31. The molecule has 35 heavy (non-hydrogen) atoms. The molecule has 1 saturated heterocycles. The third-order valence-corrected chi connectivity index (χ3v) is 7.31. The number of amides is 1. The summed E-state index contributed by atoms with van der Waals surface area (Å²) in [6, 6.07) is 24.1. The van der Waals surface area contributed by atoms with E-state index in [0.717, 1.165) is 21.4 Å². The van der Waals surface area contributed by atoms with Gasteiger partial charge in [0.25, 0.3) is 5.91 Å². The number of aromatic nitrogens is 1. The number of para-hydroxylation sites is 1. The van der Waals surface area contributed by atoms with Crippen molar-refractivity contribution < 1.29 is 14.3 Å². The van der Waals surface area contributed by atoms with Crippen molar-refractivity contribution in [2.75, 3.05) is 17.8 Å². The van der Waals surface area contributed by atoms with Crippen LogP contribution in [0.3, 0.4) is 0 Å². The summed E-state index contributed by atoms with van der Waals surface area (Å²) in [5, 5.41) is 12.0. The van der Waals surface area contributed by atoms with Gasteiger partial charge in [0, 0.05) is 36.7 Å². The normalized spacial score (nSPS) is 15.2. The van der Waals surface area contributed by atoms with Gasteiger partial charge < -0.3 is 14.7 Å². The molecule has 0 spiro atoms. The number of rotatable bonds is 6. The van der Waals surface area contributed by atoms with E-state index in [2.05, 4.69) is 9.71 Å². The minimum absolute atomic E-state index is 0.219. The fourth-order valence-corrected chi connectivity index (χ4v) is 5.26. The molecule has 1 fully saturated rings. The lowest BCUT2D eigenvalue weighted by molar-refractivity contribution is -0.0162. The zero-order chi connectivity index (χ0) is 24.3. The molecule has 2 N–H and O–H groups in total. The highest BCUT2D eigenvalue weighted by atomic mass is 32.2. The van der Waals surface area contributed by atoms with Gasteiger partial charge in [-0.15, -0.1) is 0 Å². The first-order valence-electron chi connectivity index (χ1n) is 11.6. The van der Waals surface area contributed by atoms with Gasteiger partial charge in [-0.25, -0.2) is 4.39 Å². The number of benzene rings is 3. The van der Waals surface area contributed by atoms with E-state index >= 15 is 0 Å². The van der Waals surface area contributed by atoms with E-state index in [9.17, 15) is 14.3 Å². The molecular formula is C28H26FN3O2S. The van der Waals surface area contributed by atoms with Crippen LogP contribution in [0.2, 0.25) is 0 Å². The predicted octanol–water partition coefficient (Wildman–Crippen LogP) is 5.70. The van der Waals surface area contributed by atoms with E-state index in [1.807, 2.05) is 60.7 Å². The van der Waals surface area contributed by atoms with Crippen molar-refractivity contribution in [3.8, 4) is 0 Å². The Balaban J connectivity index is 1.21. The highest BCUT2D eigenvalue weighted by Gasteiger charge is 2.34. The standard InChI is InChI=1S/C28H26FN3O2S/c29-23-18-22(11-12-24(23)31-35-25-10-4-8-21-9-5-15-30-26(21)25)27(33)32-16-13-28(34,14-17-32)19-20-6-2-1-3-7-20/h1-12,15,18,31,34H,13-14,16-17,19H2. The monoisotopic (exact) mass is 487 g/mol. The summed E-state index contributed by atoms with van der Waals surface area (Å²) in [6.07, 6.45) is 3.28. The van der Waals surface area contributed by atoms with Gasteiger partial charge in [-0.1, -0.05) is 48.5 Å². The number of hydrogen-bond acceptors (Lipinski definition) is 5. The van der Waals surface area contributed by atoms with Crippen molar-refractivity contribution >= 4 is 34.4 Å². The third-order valence-electron chi connectivity index (χ3n) is 6.44. The molecule has 4 aromatic rings. The van der Waals surface area contributed by atoms with Crippen molar-refractivity contribution in [1.82, 2.24) is 9.88 Å². The maximum Gasteiger partial charge on any atom is 0.253 e. The fraction of sp³-hybridized carbons (Fsp3) is 0.214. The second-order valence-corrected chi connectivity index (χ2v) is 9.76. The Labute approximate surface area is 208 Å². The number of aliphatic hydroxyl groups is 1. The van der Waals surface area contributed by atoms with Crippen LogP contribution in [0, 0.1) is 5.82 Å². The van der Waals surface area contributed by atoms with Gasteiger partial charge in [0.2, 0.25) is 0 Å². The molecule has 1 aliphatic heterocycles. The quantitative estimate of drug-likeness (QED) is 0.342. The Kier molecular flexibility index (Phi) is 6.70. The molecule has 1 aliphatic rings. The van der Waals surface area contributed by atoms with Crippen LogP contribution in [-0.2, 0) is 6.42 Å². The Hall–Kier alpha value is -3.42. The molecule has 1 aromatic heterocycles. The number of nitrogens with one attached hydrogen (secondary N) is 1. The molecule has 1 amide bonds. The lowest BCUT2D eigenvalue weighted by Crippen LogP contribution is -2.47. The van der Waals surface area contributed by atoms with E-state index in [4.69, 9.17) is 0 Å². The highest BCUT2D eigenvalue weighted by molar-refractivity contribution is 8.00. The molecule has 0 saturated carbocycles. The number of anilines is 1. The number of pyridine rings is 1. The van der Waals surface area contributed by atoms with Gasteiger partial charge in [0.05, 0.1) is 21.7 Å². The molecular weight excluding hydrogens is 461 g/mol. The van der Waals surface area contributed by atoms with Gasteiger partial charge in [-0.3, -0.25) is 9.78 Å². The summed E-state index contributed by atoms with van der Waals surface area (Å²) in [5.74, 6) is -0.711. The number of hydrogen-bond donors (Lipinski definition) is 2. The molecule has 2 heterocycles. The van der Waals surface area contributed by atoms with Crippen LogP contribution in [-0.4, -0.2) is 39.6 Å². The number of carbonyl (C=O) groups excluding carboxylic acids is 1. The lowest BCUT2D eigenvalue weighted by atomic mass is 9.85. The minimum atomic E-state index is -0.829. The van der Waals surface area contributed by atoms with Gasteiger partial charge in [-0.2, -0.15) is 0 Å². The molecule has 178 valence electrons. The molecule has 0 atom stereocenters. The van der Waals surface area contributed by atoms with Crippen LogP contribution in [0.4, 0.5) is 10.1 Å². The van der Waals surface area contributed by atoms with Crippen molar-refractivity contribution in [2.24, 2.45) is 0 Å². The Morgan fingerprint density at radius 2 is 1.80 bits per heavy atom. The predicted molar refractivity (Wildman–Crippen MR) is 138 cm³/mol. The van der Waals surface area contributed by atoms with Crippen molar-refractivity contribution in [3.05, 3.63) is 102 Å². The molecule has 0 radical (unpaired) electrons. The smallest absolute Gasteiger partial charge is 0.253 e. The Morgan fingerprint density at radius 1 is 1.03 bits per heavy atom. The van der Waals surface area contributed by atoms with Gasteiger partial charge in [-0.05, 0) is 60.7 Å². The summed E-state index contributed by atoms with van der Waals surface area (Å²) in [7, 11) is 0. The lowest BCUT2D eigenvalue weighted by Gasteiger charge is -2.38. The fourth-order valence-electron chi connectivity index (χ4n) is 4.46. The second-order valence-electron chi connectivity index (χ2n) is 8.91. The summed E-state index contributed by atoms with van der Waals surface area (Å²) >= 11 is 1.28. The first-order valence-corrected chi connectivity index (χ1v) is 12.4. The number of likely N-dealkylation sites (tertiary alicyclic amines) is 1. The van der Waals surface area contributed by atoms with Crippen molar-refractivity contribution in [1.29, 1.82) is 0 Å². The molecule has 0 aliphatic carbocycles. The maximum atomic E-state index is 14.9. The zero-order valence-corrected chi connectivity index (χ0v) is 20.0. The maximum absolute atomic E-state index is 14.9. The first-order chi connectivity index (χ1) is 17.0. The molecule has 0 unspecified atom stereocenters. The number of nitrogens with zero attached hydrogens (tertiary/aromatic N) is 2. The average molecular weight is 488 g/mol. The van der Waals surface area contributed by atoms with E-state index in [1.165, 1.54) is 18.0 Å². The Bertz CT molecular complexity index is 1340. The van der Waals surface area contributed by atoms with Gasteiger partial charge in [0.15, 0.2) is 0 Å². The largest absolute Gasteiger partial charge is 0.389 e. The van der Waals surface area contributed by atoms with E-state index in [-0.39, 0.29) is 5.91 Å². The van der Waals surface area contributed by atoms with Crippen molar-refractivity contribution in [3.63, 3.8) is 0 Å². The van der Waals surface area contributed by atoms with Crippen molar-refractivity contribution in [2.45, 2.75) is 29.8 Å². The molecule has 5 rings (SSSR count). The second kappa shape index (κ2) is 10.1. The van der Waals surface area contributed by atoms with Gasteiger partial charge in [0.1, 0.15) is 5.82 Å². The van der Waals surface area contributed by atoms with Crippen LogP contribution in [0.25, 0.3) is 10.9 Å². The van der Waals surface area contributed by atoms with E-state index < -0.39 is 11.4 Å². The SMILES string of the molecule is O=C(c1ccc(NSc2cccc3cccnc23)c(F)c1)N1CCC(O)(Cc2ccccc2)CC1. The van der Waals surface area contributed by atoms with Crippen LogP contribution in [0.5, 0.6) is 0 Å². The van der Waals surface area contributed by atoms with E-state index in [0.29, 0.717) is 43.6 Å².